The second-order valence-electron chi connectivity index (χ2n) is 14.2. The third-order valence-corrected chi connectivity index (χ3v) is 9.56. The molecule has 0 radical (unpaired) electrons. The molecule has 0 aromatic rings. The Morgan fingerprint density at radius 2 is 1.19 bits per heavy atom. The molecule has 58 heavy (non-hydrogen) atoms. The van der Waals surface area contributed by atoms with Gasteiger partial charge in [0, 0.05) is 12.8 Å². The van der Waals surface area contributed by atoms with E-state index in [4.69, 9.17) is 23.8 Å². The third kappa shape index (κ3) is 40.3. The van der Waals surface area contributed by atoms with Crippen LogP contribution in [0.2, 0.25) is 0 Å². The van der Waals surface area contributed by atoms with Crippen LogP contribution in [0.1, 0.15) is 130 Å². The Morgan fingerprint density at radius 1 is 0.621 bits per heavy atom. The summed E-state index contributed by atoms with van der Waals surface area (Å²) in [5.74, 6) is -0.491. The second-order valence-corrected chi connectivity index (χ2v) is 16.9. The van der Waals surface area contributed by atoms with E-state index in [0.29, 0.717) is 12.8 Å². The lowest BCUT2D eigenvalue weighted by Gasteiger charge is -2.20. The van der Waals surface area contributed by atoms with E-state index in [9.17, 15) is 33.8 Å². The maximum Gasteiger partial charge on any atom is 0.472 e. The SMILES string of the molecule is CC/C=C\C/C=C\C/C=C\C/C=C\C=C/C(O)C/C=C\CCC(=O)O[C@H](COC(=O)CCCCCCCCCCC(C)C)COP(=O)(O)OC[C@@H](O)COP(=O)(O)O. The van der Waals surface area contributed by atoms with Gasteiger partial charge in [-0.3, -0.25) is 23.2 Å². The van der Waals surface area contributed by atoms with E-state index in [2.05, 4.69) is 66.3 Å². The monoisotopic (exact) mass is 862 g/mol. The molecule has 2 unspecified atom stereocenters. The van der Waals surface area contributed by atoms with Gasteiger partial charge in [-0.1, -0.05) is 145 Å². The highest BCUT2D eigenvalue weighted by molar-refractivity contribution is 7.47. The lowest BCUT2D eigenvalue weighted by atomic mass is 10.0. The van der Waals surface area contributed by atoms with Crippen molar-refractivity contribution >= 4 is 27.6 Å². The number of carbonyl (C=O) groups is 2. The fraction of sp³-hybridized carbons (Fsp3) is 0.667. The van der Waals surface area contributed by atoms with Crippen LogP contribution in [0.5, 0.6) is 0 Å². The van der Waals surface area contributed by atoms with E-state index in [-0.39, 0.29) is 19.3 Å². The summed E-state index contributed by atoms with van der Waals surface area (Å²) in [5.41, 5.74) is 0. The Balaban J connectivity index is 4.78. The molecular formula is C42H72O14P2. The average molecular weight is 863 g/mol. The molecule has 0 bridgehead atoms. The number of unbranched alkanes of at least 4 members (excludes halogenated alkanes) is 7. The summed E-state index contributed by atoms with van der Waals surface area (Å²) in [6, 6.07) is 0. The van der Waals surface area contributed by atoms with Crippen molar-refractivity contribution in [3.05, 3.63) is 72.9 Å². The van der Waals surface area contributed by atoms with Crippen LogP contribution in [-0.2, 0) is 41.8 Å². The molecule has 14 nitrogen and oxygen atoms in total. The minimum absolute atomic E-state index is 0.0778. The zero-order valence-electron chi connectivity index (χ0n) is 34.9. The van der Waals surface area contributed by atoms with Gasteiger partial charge in [0.1, 0.15) is 12.7 Å². The fourth-order valence-electron chi connectivity index (χ4n) is 4.99. The van der Waals surface area contributed by atoms with Crippen LogP contribution in [0.3, 0.4) is 0 Å². The van der Waals surface area contributed by atoms with Crippen LogP contribution in [0.15, 0.2) is 72.9 Å². The number of ether oxygens (including phenoxy) is 2. The van der Waals surface area contributed by atoms with Gasteiger partial charge < -0.3 is 34.4 Å². The van der Waals surface area contributed by atoms with Gasteiger partial charge in [-0.25, -0.2) is 9.13 Å². The van der Waals surface area contributed by atoms with E-state index < -0.39 is 72.3 Å². The molecule has 0 rings (SSSR count). The van der Waals surface area contributed by atoms with Crippen molar-refractivity contribution in [2.75, 3.05) is 26.4 Å². The number of aliphatic hydroxyl groups excluding tert-OH is 2. The quantitative estimate of drug-likeness (QED) is 0.0130. The van der Waals surface area contributed by atoms with E-state index in [1.54, 1.807) is 24.3 Å². The van der Waals surface area contributed by atoms with E-state index in [1.807, 2.05) is 12.2 Å². The molecule has 0 amide bonds. The molecular weight excluding hydrogens is 790 g/mol. The van der Waals surface area contributed by atoms with Crippen molar-refractivity contribution in [2.45, 2.75) is 148 Å². The van der Waals surface area contributed by atoms with Crippen molar-refractivity contribution in [1.82, 2.24) is 0 Å². The standard InChI is InChI=1S/C42H72O14P2/c1-4-5-6-7-8-9-10-11-12-13-17-20-24-29-38(43)30-25-22-27-32-42(46)56-40(36-55-58(50,51)54-34-39(44)33-53-57(47,48)49)35-52-41(45)31-26-21-18-15-14-16-19-23-28-37(2)3/h5-6,8-9,11-12,17,20,22,24-25,29,37-40,43-44H,4,7,10,13-16,18-19,21,23,26-28,30-36H2,1-3H3,(H,50,51)(H2,47,48,49)/b6-5-,9-8-,12-11-,20-17-,25-22-,29-24-/t38?,39-,40+/m0/s1. The number of aliphatic hydroxyl groups is 2. The molecule has 0 aromatic carbocycles. The van der Waals surface area contributed by atoms with Gasteiger partial charge in [-0.2, -0.15) is 0 Å². The van der Waals surface area contributed by atoms with Crippen LogP contribution in [-0.4, -0.2) is 81.6 Å². The largest absolute Gasteiger partial charge is 0.472 e. The minimum Gasteiger partial charge on any atom is -0.462 e. The number of phosphoric acid groups is 2. The highest BCUT2D eigenvalue weighted by Gasteiger charge is 2.28. The molecule has 0 aliphatic heterocycles. The van der Waals surface area contributed by atoms with Crippen molar-refractivity contribution < 1.29 is 66.7 Å². The predicted octanol–water partition coefficient (Wildman–Crippen LogP) is 9.05. The van der Waals surface area contributed by atoms with Crippen molar-refractivity contribution in [1.29, 1.82) is 0 Å². The summed E-state index contributed by atoms with van der Waals surface area (Å²) >= 11 is 0. The molecule has 0 fully saturated rings. The molecule has 0 aromatic heterocycles. The number of esters is 2. The minimum atomic E-state index is -4.88. The topological polar surface area (TPSA) is 216 Å². The van der Waals surface area contributed by atoms with Gasteiger partial charge in [-0.15, -0.1) is 0 Å². The van der Waals surface area contributed by atoms with Gasteiger partial charge in [0.2, 0.25) is 0 Å². The molecule has 0 saturated heterocycles. The first-order valence-electron chi connectivity index (χ1n) is 20.6. The maximum absolute atomic E-state index is 12.6. The number of rotatable bonds is 37. The van der Waals surface area contributed by atoms with Crippen LogP contribution in [0.25, 0.3) is 0 Å². The molecule has 0 saturated carbocycles. The molecule has 0 aliphatic rings. The van der Waals surface area contributed by atoms with Crippen LogP contribution >= 0.6 is 15.6 Å². The summed E-state index contributed by atoms with van der Waals surface area (Å²) in [6.45, 7) is 3.67. The molecule has 5 N–H and O–H groups in total. The van der Waals surface area contributed by atoms with E-state index >= 15 is 0 Å². The van der Waals surface area contributed by atoms with Crippen molar-refractivity contribution in [2.24, 2.45) is 5.92 Å². The summed E-state index contributed by atoms with van der Waals surface area (Å²) in [6.07, 6.45) is 33.9. The zero-order valence-corrected chi connectivity index (χ0v) is 36.7. The zero-order chi connectivity index (χ0) is 43.3. The number of carbonyl (C=O) groups excluding carboxylic acids is 2. The maximum atomic E-state index is 12.6. The number of phosphoric ester groups is 2. The van der Waals surface area contributed by atoms with Crippen molar-refractivity contribution in [3.8, 4) is 0 Å². The highest BCUT2D eigenvalue weighted by atomic mass is 31.2. The number of hydrogen-bond donors (Lipinski definition) is 5. The van der Waals surface area contributed by atoms with E-state index in [0.717, 1.165) is 57.3 Å². The van der Waals surface area contributed by atoms with Gasteiger partial charge in [-0.05, 0) is 50.9 Å². The molecule has 334 valence electrons. The van der Waals surface area contributed by atoms with Gasteiger partial charge in [0.15, 0.2) is 6.10 Å². The van der Waals surface area contributed by atoms with Gasteiger partial charge >= 0.3 is 27.6 Å². The number of allylic oxidation sites excluding steroid dienone is 10. The first-order valence-corrected chi connectivity index (χ1v) is 23.6. The molecule has 4 atom stereocenters. The van der Waals surface area contributed by atoms with Gasteiger partial charge in [0.05, 0.1) is 25.9 Å². The Bertz CT molecular complexity index is 1330. The molecule has 0 heterocycles. The summed E-state index contributed by atoms with van der Waals surface area (Å²) in [5, 5.41) is 19.9. The average Bonchev–Trinajstić information content (AvgIpc) is 3.16. The van der Waals surface area contributed by atoms with Gasteiger partial charge in [0.25, 0.3) is 0 Å². The summed E-state index contributed by atoms with van der Waals surface area (Å²) in [4.78, 5) is 52.5. The number of hydrogen-bond acceptors (Lipinski definition) is 11. The predicted molar refractivity (Wildman–Crippen MR) is 226 cm³/mol. The normalized spacial score (nSPS) is 15.5. The smallest absolute Gasteiger partial charge is 0.462 e. The molecule has 0 aliphatic carbocycles. The third-order valence-electron chi connectivity index (χ3n) is 8.12. The lowest BCUT2D eigenvalue weighted by Crippen LogP contribution is -2.29. The Hall–Kier alpha value is -2.48. The van der Waals surface area contributed by atoms with E-state index in [1.165, 1.54) is 25.7 Å². The first-order chi connectivity index (χ1) is 27.6. The Kier molecular flexibility index (Phi) is 34.8. The Morgan fingerprint density at radius 3 is 1.81 bits per heavy atom. The lowest BCUT2D eigenvalue weighted by molar-refractivity contribution is -0.161. The first kappa shape index (κ1) is 55.5. The van der Waals surface area contributed by atoms with Crippen molar-refractivity contribution in [3.63, 3.8) is 0 Å². The molecule has 0 spiro atoms. The van der Waals surface area contributed by atoms with Crippen LogP contribution in [0.4, 0.5) is 0 Å². The second kappa shape index (κ2) is 36.4. The fourth-order valence-corrected chi connectivity index (χ4v) is 6.15. The summed E-state index contributed by atoms with van der Waals surface area (Å²) < 4.78 is 47.5. The van der Waals surface area contributed by atoms with Crippen LogP contribution in [0, 0.1) is 5.92 Å². The Labute approximate surface area is 347 Å². The van der Waals surface area contributed by atoms with Crippen LogP contribution < -0.4 is 0 Å². The summed E-state index contributed by atoms with van der Waals surface area (Å²) in [7, 11) is -9.74. The highest BCUT2D eigenvalue weighted by Crippen LogP contribution is 2.43. The molecule has 16 heteroatoms.